The van der Waals surface area contributed by atoms with Crippen molar-refractivity contribution in [1.82, 2.24) is 4.98 Å². The van der Waals surface area contributed by atoms with E-state index in [9.17, 15) is 4.79 Å². The molecular formula is C14H20Cl2N4O. The number of halogens is 2. The summed E-state index contributed by atoms with van der Waals surface area (Å²) in [4.78, 5) is 17.9. The predicted molar refractivity (Wildman–Crippen MR) is 87.2 cm³/mol. The number of carbonyl (C=O) groups excluding carboxylic acids is 1. The van der Waals surface area contributed by atoms with Gasteiger partial charge in [-0.25, -0.2) is 4.98 Å². The lowest BCUT2D eigenvalue weighted by atomic mass is 9.97. The molecule has 1 saturated heterocycles. The number of primary amides is 1. The largest absolute Gasteiger partial charge is 0.369 e. The summed E-state index contributed by atoms with van der Waals surface area (Å²) in [5.74, 6) is 0.859. The number of nitrogens with two attached hydrogens (primary N) is 1. The first-order chi connectivity index (χ1) is 10.0. The third kappa shape index (κ3) is 3.92. The van der Waals surface area contributed by atoms with E-state index in [-0.39, 0.29) is 11.8 Å². The van der Waals surface area contributed by atoms with E-state index in [1.807, 2.05) is 4.90 Å². The molecule has 1 fully saturated rings. The van der Waals surface area contributed by atoms with Crippen LogP contribution in [0.1, 0.15) is 26.2 Å². The van der Waals surface area contributed by atoms with Gasteiger partial charge in [-0.2, -0.15) is 0 Å². The maximum absolute atomic E-state index is 11.4. The topological polar surface area (TPSA) is 71.2 Å². The van der Waals surface area contributed by atoms with Gasteiger partial charge in [-0.05, 0) is 25.3 Å². The third-order valence-corrected chi connectivity index (χ3v) is 4.14. The van der Waals surface area contributed by atoms with E-state index in [1.165, 1.54) is 0 Å². The molecule has 7 heteroatoms. The number of aromatic nitrogens is 1. The number of piperidine rings is 1. The molecule has 1 aromatic heterocycles. The Morgan fingerprint density at radius 2 is 2.29 bits per heavy atom. The Morgan fingerprint density at radius 3 is 2.95 bits per heavy atom. The fourth-order valence-corrected chi connectivity index (χ4v) is 2.99. The summed E-state index contributed by atoms with van der Waals surface area (Å²) in [5.41, 5.74) is 5.41. The van der Waals surface area contributed by atoms with Gasteiger partial charge in [0, 0.05) is 19.6 Å². The van der Waals surface area contributed by atoms with E-state index < -0.39 is 0 Å². The van der Waals surface area contributed by atoms with Crippen LogP contribution in [-0.4, -0.2) is 30.5 Å². The summed E-state index contributed by atoms with van der Waals surface area (Å²) in [6, 6.07) is 1.69. The normalized spacial score (nSPS) is 18.6. The quantitative estimate of drug-likeness (QED) is 0.870. The monoisotopic (exact) mass is 330 g/mol. The second-order valence-corrected chi connectivity index (χ2v) is 6.05. The Morgan fingerprint density at radius 1 is 1.52 bits per heavy atom. The van der Waals surface area contributed by atoms with Crippen molar-refractivity contribution in [1.29, 1.82) is 0 Å². The first-order valence-electron chi connectivity index (χ1n) is 7.17. The lowest BCUT2D eigenvalue weighted by Crippen LogP contribution is -2.41. The van der Waals surface area contributed by atoms with Crippen LogP contribution in [0.15, 0.2) is 6.07 Å². The molecule has 1 atom stereocenters. The molecule has 1 unspecified atom stereocenters. The highest BCUT2D eigenvalue weighted by Gasteiger charge is 2.26. The van der Waals surface area contributed by atoms with E-state index in [0.29, 0.717) is 28.2 Å². The average Bonchev–Trinajstić information content (AvgIpc) is 2.46. The van der Waals surface area contributed by atoms with Gasteiger partial charge >= 0.3 is 0 Å². The van der Waals surface area contributed by atoms with Crippen LogP contribution in [0.25, 0.3) is 0 Å². The van der Waals surface area contributed by atoms with Gasteiger partial charge in [-0.3, -0.25) is 4.79 Å². The molecule has 1 aliphatic rings. The molecule has 1 aromatic rings. The number of pyridine rings is 1. The molecule has 0 aromatic carbocycles. The Balaban J connectivity index is 2.23. The summed E-state index contributed by atoms with van der Waals surface area (Å²) in [7, 11) is 0. The summed E-state index contributed by atoms with van der Waals surface area (Å²) in [6.45, 7) is 4.22. The molecule has 116 valence electrons. The van der Waals surface area contributed by atoms with Gasteiger partial charge in [0.2, 0.25) is 5.91 Å². The van der Waals surface area contributed by atoms with Crippen molar-refractivity contribution in [3.8, 4) is 0 Å². The first kappa shape index (κ1) is 16.2. The summed E-state index contributed by atoms with van der Waals surface area (Å²) in [5, 5.41) is 4.18. The molecule has 1 aliphatic heterocycles. The number of rotatable bonds is 5. The van der Waals surface area contributed by atoms with Crippen LogP contribution in [0.3, 0.4) is 0 Å². The molecule has 1 amide bonds. The van der Waals surface area contributed by atoms with Crippen molar-refractivity contribution >= 4 is 40.7 Å². The van der Waals surface area contributed by atoms with Crippen molar-refractivity contribution in [2.45, 2.75) is 26.2 Å². The number of hydrogen-bond donors (Lipinski definition) is 2. The standard InChI is InChI=1S/C14H20Cl2N4O/c1-2-5-18-13-10(15)7-11(16)14(19-13)20-6-3-4-9(8-20)12(17)21/h7,9H,2-6,8H2,1H3,(H2,17,21)(H,18,19). The van der Waals surface area contributed by atoms with Crippen molar-refractivity contribution < 1.29 is 4.79 Å². The number of nitrogens with zero attached hydrogens (tertiary/aromatic N) is 2. The molecule has 0 bridgehead atoms. The molecular weight excluding hydrogens is 311 g/mol. The zero-order valence-corrected chi connectivity index (χ0v) is 13.5. The minimum Gasteiger partial charge on any atom is -0.369 e. The molecule has 5 nitrogen and oxygen atoms in total. The number of nitrogens with one attached hydrogen (secondary N) is 1. The second kappa shape index (κ2) is 7.18. The van der Waals surface area contributed by atoms with Crippen LogP contribution in [-0.2, 0) is 4.79 Å². The lowest BCUT2D eigenvalue weighted by Gasteiger charge is -2.32. The fourth-order valence-electron chi connectivity index (χ4n) is 2.45. The van der Waals surface area contributed by atoms with Crippen molar-refractivity contribution in [3.05, 3.63) is 16.1 Å². The van der Waals surface area contributed by atoms with Crippen molar-refractivity contribution in [3.63, 3.8) is 0 Å². The van der Waals surface area contributed by atoms with Gasteiger partial charge in [0.05, 0.1) is 16.0 Å². The average molecular weight is 331 g/mol. The predicted octanol–water partition coefficient (Wildman–Crippen LogP) is 2.91. The second-order valence-electron chi connectivity index (χ2n) is 5.24. The van der Waals surface area contributed by atoms with Gasteiger partial charge in [-0.1, -0.05) is 30.1 Å². The Hall–Kier alpha value is -1.20. The van der Waals surface area contributed by atoms with Crippen LogP contribution < -0.4 is 16.0 Å². The highest BCUT2D eigenvalue weighted by Crippen LogP contribution is 2.33. The molecule has 2 rings (SSSR count). The van der Waals surface area contributed by atoms with Gasteiger partial charge in [0.15, 0.2) is 0 Å². The van der Waals surface area contributed by atoms with E-state index in [4.69, 9.17) is 28.9 Å². The van der Waals surface area contributed by atoms with Crippen LogP contribution >= 0.6 is 23.2 Å². The van der Waals surface area contributed by atoms with E-state index in [0.717, 1.165) is 32.4 Å². The summed E-state index contributed by atoms with van der Waals surface area (Å²) >= 11 is 12.4. The maximum atomic E-state index is 11.4. The summed E-state index contributed by atoms with van der Waals surface area (Å²) in [6.07, 6.45) is 2.69. The lowest BCUT2D eigenvalue weighted by molar-refractivity contribution is -0.122. The highest BCUT2D eigenvalue weighted by molar-refractivity contribution is 6.37. The Labute approximate surface area is 134 Å². The minimum atomic E-state index is -0.269. The SMILES string of the molecule is CCCNc1nc(N2CCCC(C(N)=O)C2)c(Cl)cc1Cl. The van der Waals surface area contributed by atoms with Crippen LogP contribution in [0, 0.1) is 5.92 Å². The fraction of sp³-hybridized carbons (Fsp3) is 0.571. The molecule has 21 heavy (non-hydrogen) atoms. The maximum Gasteiger partial charge on any atom is 0.222 e. The first-order valence-corrected chi connectivity index (χ1v) is 7.92. The molecule has 0 spiro atoms. The zero-order chi connectivity index (χ0) is 15.4. The van der Waals surface area contributed by atoms with E-state index in [2.05, 4.69) is 17.2 Å². The van der Waals surface area contributed by atoms with Gasteiger partial charge in [0.1, 0.15) is 11.6 Å². The summed E-state index contributed by atoms with van der Waals surface area (Å²) < 4.78 is 0. The van der Waals surface area contributed by atoms with Crippen molar-refractivity contribution in [2.75, 3.05) is 29.9 Å². The van der Waals surface area contributed by atoms with E-state index >= 15 is 0 Å². The number of amides is 1. The number of hydrogen-bond acceptors (Lipinski definition) is 4. The molecule has 0 radical (unpaired) electrons. The van der Waals surface area contributed by atoms with Crippen molar-refractivity contribution in [2.24, 2.45) is 11.7 Å². The smallest absolute Gasteiger partial charge is 0.222 e. The highest BCUT2D eigenvalue weighted by atomic mass is 35.5. The number of anilines is 2. The zero-order valence-electron chi connectivity index (χ0n) is 12.0. The van der Waals surface area contributed by atoms with E-state index in [1.54, 1.807) is 6.07 Å². The Bertz CT molecular complexity index is 524. The number of carbonyl (C=O) groups is 1. The third-order valence-electron chi connectivity index (χ3n) is 3.58. The van der Waals surface area contributed by atoms with Crippen LogP contribution in [0.2, 0.25) is 10.0 Å². The Kier molecular flexibility index (Phi) is 5.53. The minimum absolute atomic E-state index is 0.153. The van der Waals surface area contributed by atoms with Gasteiger partial charge < -0.3 is 16.0 Å². The van der Waals surface area contributed by atoms with Crippen LogP contribution in [0.5, 0.6) is 0 Å². The molecule has 3 N–H and O–H groups in total. The van der Waals surface area contributed by atoms with Gasteiger partial charge in [0.25, 0.3) is 0 Å². The van der Waals surface area contributed by atoms with Crippen LogP contribution in [0.4, 0.5) is 11.6 Å². The molecule has 2 heterocycles. The molecule has 0 saturated carbocycles. The van der Waals surface area contributed by atoms with Gasteiger partial charge in [-0.15, -0.1) is 0 Å². The molecule has 0 aliphatic carbocycles.